The van der Waals surface area contributed by atoms with E-state index in [-0.39, 0.29) is 0 Å². The van der Waals surface area contributed by atoms with Crippen molar-refractivity contribution in [3.8, 4) is 0 Å². The van der Waals surface area contributed by atoms with Gasteiger partial charge in [-0.15, -0.1) is 0 Å². The van der Waals surface area contributed by atoms with Crippen LogP contribution >= 0.6 is 15.9 Å². The number of anilines is 1. The molecule has 1 aliphatic rings. The minimum atomic E-state index is 0.639. The Morgan fingerprint density at radius 2 is 2.05 bits per heavy atom. The second kappa shape index (κ2) is 6.71. The van der Waals surface area contributed by atoms with Crippen LogP contribution in [0.25, 0.3) is 0 Å². The Morgan fingerprint density at radius 3 is 2.68 bits per heavy atom. The van der Waals surface area contributed by atoms with E-state index in [4.69, 9.17) is 0 Å². The summed E-state index contributed by atoms with van der Waals surface area (Å²) in [6.45, 7) is 3.22. The third-order valence-electron chi connectivity index (χ3n) is 4.14. The van der Waals surface area contributed by atoms with Crippen LogP contribution in [0.4, 0.5) is 5.82 Å². The van der Waals surface area contributed by atoms with E-state index in [0.29, 0.717) is 6.04 Å². The summed E-state index contributed by atoms with van der Waals surface area (Å²) >= 11 is 3.51. The fourth-order valence-electron chi connectivity index (χ4n) is 2.91. The van der Waals surface area contributed by atoms with Crippen LogP contribution < -0.4 is 10.2 Å². The summed E-state index contributed by atoms with van der Waals surface area (Å²) < 4.78 is 1.05. The zero-order chi connectivity index (χ0) is 13.8. The van der Waals surface area contributed by atoms with E-state index in [1.165, 1.54) is 31.2 Å². The topological polar surface area (TPSA) is 28.2 Å². The van der Waals surface area contributed by atoms with Gasteiger partial charge in [0.05, 0.1) is 0 Å². The van der Waals surface area contributed by atoms with Gasteiger partial charge in [0.15, 0.2) is 0 Å². The average Bonchev–Trinajstić information content (AvgIpc) is 2.39. The standard InChI is InChI=1S/C15H24BrN3/c1-11-4-6-14(7-5-11)19(3)15-12(9-17-2)8-13(16)10-18-15/h8,10-11,14,17H,4-7,9H2,1-3H3. The normalized spacial score (nSPS) is 23.4. The fraction of sp³-hybridized carbons (Fsp3) is 0.667. The highest BCUT2D eigenvalue weighted by Gasteiger charge is 2.23. The first-order valence-electron chi connectivity index (χ1n) is 7.13. The second-order valence-electron chi connectivity index (χ2n) is 5.69. The van der Waals surface area contributed by atoms with Crippen LogP contribution in [0.15, 0.2) is 16.7 Å². The van der Waals surface area contributed by atoms with Crippen LogP contribution in [0.2, 0.25) is 0 Å². The van der Waals surface area contributed by atoms with E-state index in [2.05, 4.69) is 51.2 Å². The molecule has 1 aromatic rings. The smallest absolute Gasteiger partial charge is 0.133 e. The minimum Gasteiger partial charge on any atom is -0.356 e. The molecule has 3 nitrogen and oxygen atoms in total. The second-order valence-corrected chi connectivity index (χ2v) is 6.61. The lowest BCUT2D eigenvalue weighted by Crippen LogP contribution is -2.36. The molecule has 0 aliphatic heterocycles. The monoisotopic (exact) mass is 325 g/mol. The largest absolute Gasteiger partial charge is 0.356 e. The summed E-state index contributed by atoms with van der Waals surface area (Å²) in [7, 11) is 4.17. The van der Waals surface area contributed by atoms with Gasteiger partial charge in [0.1, 0.15) is 5.82 Å². The first-order valence-corrected chi connectivity index (χ1v) is 7.93. The highest BCUT2D eigenvalue weighted by atomic mass is 79.9. The molecule has 0 spiro atoms. The summed E-state index contributed by atoms with van der Waals surface area (Å²) in [5.41, 5.74) is 1.26. The van der Waals surface area contributed by atoms with Gasteiger partial charge in [-0.2, -0.15) is 0 Å². The molecule has 0 bridgehead atoms. The Balaban J connectivity index is 2.15. The van der Waals surface area contributed by atoms with Crippen molar-refractivity contribution in [2.45, 2.75) is 45.2 Å². The summed E-state index contributed by atoms with van der Waals surface area (Å²) in [6.07, 6.45) is 7.15. The Kier molecular flexibility index (Phi) is 5.22. The molecule has 0 radical (unpaired) electrons. The van der Waals surface area contributed by atoms with Crippen LogP contribution in [0.5, 0.6) is 0 Å². The lowest BCUT2D eigenvalue weighted by molar-refractivity contribution is 0.339. The van der Waals surface area contributed by atoms with Crippen LogP contribution in [-0.2, 0) is 6.54 Å². The minimum absolute atomic E-state index is 0.639. The molecule has 0 aromatic carbocycles. The SMILES string of the molecule is CNCc1cc(Br)cnc1N(C)C1CCC(C)CC1. The van der Waals surface area contributed by atoms with E-state index in [1.54, 1.807) is 0 Å². The summed E-state index contributed by atoms with van der Waals surface area (Å²) in [6, 6.07) is 2.81. The number of hydrogen-bond donors (Lipinski definition) is 1. The van der Waals surface area contributed by atoms with Crippen molar-refractivity contribution in [2.75, 3.05) is 19.0 Å². The molecule has 1 heterocycles. The molecule has 106 valence electrons. The maximum atomic E-state index is 4.63. The average molecular weight is 326 g/mol. The molecular formula is C15H24BrN3. The number of hydrogen-bond acceptors (Lipinski definition) is 3. The Morgan fingerprint density at radius 1 is 1.37 bits per heavy atom. The van der Waals surface area contributed by atoms with E-state index in [1.807, 2.05) is 13.2 Å². The third-order valence-corrected chi connectivity index (χ3v) is 4.58. The number of aromatic nitrogens is 1. The van der Waals surface area contributed by atoms with E-state index >= 15 is 0 Å². The fourth-order valence-corrected chi connectivity index (χ4v) is 3.29. The zero-order valence-electron chi connectivity index (χ0n) is 12.1. The van der Waals surface area contributed by atoms with Crippen molar-refractivity contribution in [3.63, 3.8) is 0 Å². The molecule has 1 aliphatic carbocycles. The summed E-state index contributed by atoms with van der Waals surface area (Å²) in [5.74, 6) is 2.01. The highest BCUT2D eigenvalue weighted by molar-refractivity contribution is 9.10. The Hall–Kier alpha value is -0.610. The zero-order valence-corrected chi connectivity index (χ0v) is 13.7. The van der Waals surface area contributed by atoms with Gasteiger partial charge in [-0.1, -0.05) is 6.92 Å². The van der Waals surface area contributed by atoms with E-state index in [9.17, 15) is 0 Å². The highest BCUT2D eigenvalue weighted by Crippen LogP contribution is 2.30. The molecule has 19 heavy (non-hydrogen) atoms. The summed E-state index contributed by atoms with van der Waals surface area (Å²) in [5, 5.41) is 3.23. The first-order chi connectivity index (χ1) is 9.11. The predicted octanol–water partition coefficient (Wildman–Crippen LogP) is 3.58. The van der Waals surface area contributed by atoms with Gasteiger partial charge in [0.25, 0.3) is 0 Å². The molecule has 2 rings (SSSR count). The molecule has 1 aromatic heterocycles. The van der Waals surface area contributed by atoms with E-state index in [0.717, 1.165) is 22.8 Å². The predicted molar refractivity (Wildman–Crippen MR) is 84.5 cm³/mol. The van der Waals surface area contributed by atoms with Crippen LogP contribution in [0, 0.1) is 5.92 Å². The maximum absolute atomic E-state index is 4.63. The van der Waals surface area contributed by atoms with Crippen molar-refractivity contribution >= 4 is 21.7 Å². The van der Waals surface area contributed by atoms with Gasteiger partial charge in [-0.25, -0.2) is 4.98 Å². The van der Waals surface area contributed by atoms with Crippen LogP contribution in [0.1, 0.15) is 38.2 Å². The van der Waals surface area contributed by atoms with Crippen molar-refractivity contribution in [3.05, 3.63) is 22.3 Å². The molecule has 1 N–H and O–H groups in total. The van der Waals surface area contributed by atoms with Crippen molar-refractivity contribution in [1.82, 2.24) is 10.3 Å². The van der Waals surface area contributed by atoms with Crippen molar-refractivity contribution in [1.29, 1.82) is 0 Å². The number of pyridine rings is 1. The molecule has 0 unspecified atom stereocenters. The number of rotatable bonds is 4. The number of nitrogens with zero attached hydrogens (tertiary/aromatic N) is 2. The van der Waals surface area contributed by atoms with Gasteiger partial charge in [-0.05, 0) is 60.6 Å². The quantitative estimate of drug-likeness (QED) is 0.917. The third kappa shape index (κ3) is 3.69. The Labute approximate surface area is 124 Å². The molecule has 4 heteroatoms. The Bertz CT molecular complexity index is 414. The van der Waals surface area contributed by atoms with Gasteiger partial charge in [0.2, 0.25) is 0 Å². The van der Waals surface area contributed by atoms with Crippen LogP contribution in [0.3, 0.4) is 0 Å². The number of halogens is 1. The van der Waals surface area contributed by atoms with E-state index < -0.39 is 0 Å². The molecule has 0 saturated heterocycles. The lowest BCUT2D eigenvalue weighted by Gasteiger charge is -2.35. The van der Waals surface area contributed by atoms with Gasteiger partial charge >= 0.3 is 0 Å². The number of nitrogens with one attached hydrogen (secondary N) is 1. The van der Waals surface area contributed by atoms with Gasteiger partial charge < -0.3 is 10.2 Å². The lowest BCUT2D eigenvalue weighted by atomic mass is 9.86. The molecule has 1 saturated carbocycles. The molecule has 0 atom stereocenters. The maximum Gasteiger partial charge on any atom is 0.133 e. The molecular weight excluding hydrogens is 302 g/mol. The summed E-state index contributed by atoms with van der Waals surface area (Å²) in [4.78, 5) is 7.01. The van der Waals surface area contributed by atoms with Crippen molar-refractivity contribution < 1.29 is 0 Å². The van der Waals surface area contributed by atoms with Gasteiger partial charge in [-0.3, -0.25) is 0 Å². The molecule has 1 fully saturated rings. The molecule has 0 amide bonds. The van der Waals surface area contributed by atoms with Gasteiger partial charge in [0, 0.05) is 35.9 Å². The first kappa shape index (κ1) is 14.8. The van der Waals surface area contributed by atoms with Crippen LogP contribution in [-0.4, -0.2) is 25.1 Å². The van der Waals surface area contributed by atoms with Crippen molar-refractivity contribution in [2.24, 2.45) is 5.92 Å².